The Morgan fingerprint density at radius 1 is 1.24 bits per heavy atom. The van der Waals surface area contributed by atoms with Gasteiger partial charge in [0.1, 0.15) is 4.99 Å². The summed E-state index contributed by atoms with van der Waals surface area (Å²) in [5, 5.41) is 3.24. The van der Waals surface area contributed by atoms with Crippen LogP contribution in [0.3, 0.4) is 0 Å². The number of nitrogens with one attached hydrogen (secondary N) is 1. The lowest BCUT2D eigenvalue weighted by atomic mass is 10.3. The Morgan fingerprint density at radius 3 is 2.82 bits per heavy atom. The first-order valence-electron chi connectivity index (χ1n) is 5.15. The maximum absolute atomic E-state index is 5.52. The molecule has 0 fully saturated rings. The molecule has 0 radical (unpaired) electrons. The highest BCUT2D eigenvalue weighted by atomic mass is 32.1. The van der Waals surface area contributed by atoms with E-state index in [4.69, 9.17) is 18.0 Å². The molecule has 2 rings (SSSR count). The van der Waals surface area contributed by atoms with E-state index < -0.39 is 0 Å². The number of pyridine rings is 2. The van der Waals surface area contributed by atoms with Crippen LogP contribution in [-0.2, 0) is 6.54 Å². The third-order valence-corrected chi connectivity index (χ3v) is 2.42. The Balaban J connectivity index is 2.04. The molecule has 0 aliphatic carbocycles. The van der Waals surface area contributed by atoms with Crippen LogP contribution in [0.25, 0.3) is 0 Å². The van der Waals surface area contributed by atoms with Crippen molar-refractivity contribution < 1.29 is 0 Å². The molecule has 0 aliphatic rings. The van der Waals surface area contributed by atoms with E-state index in [-0.39, 0.29) is 0 Å². The summed E-state index contributed by atoms with van der Waals surface area (Å²) in [6.45, 7) is 0.654. The SMILES string of the molecule is NC(=S)c1cc(NCc2ccccn2)ccn1. The van der Waals surface area contributed by atoms with E-state index in [0.29, 0.717) is 17.2 Å². The van der Waals surface area contributed by atoms with Crippen LogP contribution in [0.5, 0.6) is 0 Å². The maximum Gasteiger partial charge on any atom is 0.122 e. The number of hydrogen-bond acceptors (Lipinski definition) is 4. The van der Waals surface area contributed by atoms with Gasteiger partial charge >= 0.3 is 0 Å². The van der Waals surface area contributed by atoms with E-state index in [2.05, 4.69) is 15.3 Å². The van der Waals surface area contributed by atoms with Gasteiger partial charge in [0, 0.05) is 18.1 Å². The van der Waals surface area contributed by atoms with Crippen LogP contribution in [0.2, 0.25) is 0 Å². The van der Waals surface area contributed by atoms with Crippen molar-refractivity contribution in [3.05, 3.63) is 54.1 Å². The minimum Gasteiger partial charge on any atom is -0.388 e. The molecular formula is C12H12N4S. The van der Waals surface area contributed by atoms with Crippen molar-refractivity contribution in [3.63, 3.8) is 0 Å². The molecule has 0 atom stereocenters. The van der Waals surface area contributed by atoms with Crippen molar-refractivity contribution in [2.24, 2.45) is 5.73 Å². The van der Waals surface area contributed by atoms with Gasteiger partial charge in [0.25, 0.3) is 0 Å². The van der Waals surface area contributed by atoms with Gasteiger partial charge in [-0.2, -0.15) is 0 Å². The smallest absolute Gasteiger partial charge is 0.122 e. The number of rotatable bonds is 4. The number of thiocarbonyl (C=S) groups is 1. The maximum atomic E-state index is 5.52. The predicted octanol–water partition coefficient (Wildman–Crippen LogP) is 1.72. The van der Waals surface area contributed by atoms with E-state index in [9.17, 15) is 0 Å². The summed E-state index contributed by atoms with van der Waals surface area (Å²) in [4.78, 5) is 8.59. The second kappa shape index (κ2) is 5.36. The molecule has 0 bridgehead atoms. The van der Waals surface area contributed by atoms with Crippen molar-refractivity contribution >= 4 is 22.9 Å². The van der Waals surface area contributed by atoms with Gasteiger partial charge < -0.3 is 11.1 Å². The topological polar surface area (TPSA) is 63.8 Å². The zero-order valence-corrected chi connectivity index (χ0v) is 9.95. The van der Waals surface area contributed by atoms with E-state index >= 15 is 0 Å². The molecule has 86 valence electrons. The minimum absolute atomic E-state index is 0.298. The van der Waals surface area contributed by atoms with Crippen molar-refractivity contribution in [2.75, 3.05) is 5.32 Å². The van der Waals surface area contributed by atoms with Gasteiger partial charge in [-0.05, 0) is 24.3 Å². The Kier molecular flexibility index (Phi) is 3.62. The van der Waals surface area contributed by atoms with Crippen LogP contribution in [0, 0.1) is 0 Å². The molecule has 5 heteroatoms. The minimum atomic E-state index is 0.298. The van der Waals surface area contributed by atoms with Crippen molar-refractivity contribution in [2.45, 2.75) is 6.54 Å². The van der Waals surface area contributed by atoms with Crippen LogP contribution in [0.1, 0.15) is 11.4 Å². The molecule has 0 aromatic carbocycles. The summed E-state index contributed by atoms with van der Waals surface area (Å²) in [5.74, 6) is 0. The molecule has 0 saturated heterocycles. The zero-order chi connectivity index (χ0) is 12.1. The number of aromatic nitrogens is 2. The number of hydrogen-bond donors (Lipinski definition) is 2. The fourth-order valence-electron chi connectivity index (χ4n) is 1.37. The molecular weight excluding hydrogens is 232 g/mol. The van der Waals surface area contributed by atoms with Crippen molar-refractivity contribution in [1.29, 1.82) is 0 Å². The van der Waals surface area contributed by atoms with Crippen molar-refractivity contribution in [3.8, 4) is 0 Å². The largest absolute Gasteiger partial charge is 0.388 e. The fraction of sp³-hybridized carbons (Fsp3) is 0.0833. The van der Waals surface area contributed by atoms with Gasteiger partial charge in [0.15, 0.2) is 0 Å². The molecule has 2 heterocycles. The van der Waals surface area contributed by atoms with Crippen LogP contribution in [0.4, 0.5) is 5.69 Å². The standard InChI is InChI=1S/C12H12N4S/c13-12(17)11-7-9(4-6-15-11)16-8-10-3-1-2-5-14-10/h1-7H,8H2,(H2,13,17)(H,15,16). The van der Waals surface area contributed by atoms with E-state index in [0.717, 1.165) is 11.4 Å². The summed E-state index contributed by atoms with van der Waals surface area (Å²) >= 11 is 4.87. The van der Waals surface area contributed by atoms with Gasteiger partial charge in [-0.25, -0.2) is 0 Å². The number of anilines is 1. The first-order chi connectivity index (χ1) is 8.25. The van der Waals surface area contributed by atoms with E-state index in [1.807, 2.05) is 30.3 Å². The lowest BCUT2D eigenvalue weighted by Crippen LogP contribution is -2.12. The Labute approximate surface area is 105 Å². The first kappa shape index (κ1) is 11.5. The summed E-state index contributed by atoms with van der Waals surface area (Å²) in [5.41, 5.74) is 8.03. The highest BCUT2D eigenvalue weighted by Crippen LogP contribution is 2.09. The second-order valence-electron chi connectivity index (χ2n) is 3.47. The first-order valence-corrected chi connectivity index (χ1v) is 5.56. The van der Waals surface area contributed by atoms with Crippen LogP contribution < -0.4 is 11.1 Å². The Bertz CT molecular complexity index is 513. The highest BCUT2D eigenvalue weighted by Gasteiger charge is 2.00. The molecule has 0 amide bonds. The fourth-order valence-corrected chi connectivity index (χ4v) is 1.48. The summed E-state index contributed by atoms with van der Waals surface area (Å²) in [6.07, 6.45) is 3.44. The van der Waals surface area contributed by atoms with E-state index in [1.165, 1.54) is 0 Å². The average Bonchev–Trinajstić information content (AvgIpc) is 2.38. The van der Waals surface area contributed by atoms with Gasteiger partial charge in [-0.1, -0.05) is 18.3 Å². The zero-order valence-electron chi connectivity index (χ0n) is 9.13. The molecule has 2 aromatic heterocycles. The van der Waals surface area contributed by atoms with Gasteiger partial charge in [-0.3, -0.25) is 9.97 Å². The summed E-state index contributed by atoms with van der Waals surface area (Å²) in [6, 6.07) is 9.50. The van der Waals surface area contributed by atoms with Crippen LogP contribution >= 0.6 is 12.2 Å². The molecule has 0 spiro atoms. The van der Waals surface area contributed by atoms with Gasteiger partial charge in [-0.15, -0.1) is 0 Å². The van der Waals surface area contributed by atoms with Crippen LogP contribution in [-0.4, -0.2) is 15.0 Å². The van der Waals surface area contributed by atoms with Gasteiger partial charge in [0.2, 0.25) is 0 Å². The third-order valence-electron chi connectivity index (χ3n) is 2.21. The number of nitrogens with two attached hydrogens (primary N) is 1. The molecule has 17 heavy (non-hydrogen) atoms. The van der Waals surface area contributed by atoms with Crippen molar-refractivity contribution in [1.82, 2.24) is 9.97 Å². The molecule has 4 nitrogen and oxygen atoms in total. The molecule has 2 aromatic rings. The second-order valence-corrected chi connectivity index (χ2v) is 3.91. The summed E-state index contributed by atoms with van der Waals surface area (Å²) < 4.78 is 0. The Morgan fingerprint density at radius 2 is 2.12 bits per heavy atom. The third kappa shape index (κ3) is 3.22. The van der Waals surface area contributed by atoms with Crippen LogP contribution in [0.15, 0.2) is 42.7 Å². The predicted molar refractivity (Wildman–Crippen MR) is 71.7 cm³/mol. The lowest BCUT2D eigenvalue weighted by molar-refractivity contribution is 1.04. The molecule has 0 unspecified atom stereocenters. The van der Waals surface area contributed by atoms with E-state index in [1.54, 1.807) is 12.4 Å². The molecule has 0 saturated carbocycles. The lowest BCUT2D eigenvalue weighted by Gasteiger charge is -2.06. The average molecular weight is 244 g/mol. The normalized spacial score (nSPS) is 9.88. The molecule has 3 N–H and O–H groups in total. The summed E-state index contributed by atoms with van der Waals surface area (Å²) in [7, 11) is 0. The number of nitrogens with zero attached hydrogens (tertiary/aromatic N) is 2. The Hall–Kier alpha value is -2.01. The quantitative estimate of drug-likeness (QED) is 0.802. The monoisotopic (exact) mass is 244 g/mol. The highest BCUT2D eigenvalue weighted by molar-refractivity contribution is 7.80. The van der Waals surface area contributed by atoms with Gasteiger partial charge in [0.05, 0.1) is 17.9 Å². The molecule has 0 aliphatic heterocycles.